The lowest BCUT2D eigenvalue weighted by molar-refractivity contribution is -0.121. The molecule has 0 atom stereocenters. The molecule has 1 spiro atoms. The summed E-state index contributed by atoms with van der Waals surface area (Å²) in [6.45, 7) is 0. The molecule has 0 radical (unpaired) electrons. The van der Waals surface area contributed by atoms with Crippen LogP contribution in [0, 0.1) is 5.41 Å². The molecule has 78 valence electrons. The van der Waals surface area contributed by atoms with Gasteiger partial charge < -0.3 is 10.1 Å². The van der Waals surface area contributed by atoms with Gasteiger partial charge in [-0.25, -0.2) is 0 Å². The summed E-state index contributed by atoms with van der Waals surface area (Å²) in [4.78, 5) is 11.8. The van der Waals surface area contributed by atoms with E-state index in [-0.39, 0.29) is 11.3 Å². The molecule has 1 aliphatic carbocycles. The number of benzene rings is 1. The van der Waals surface area contributed by atoms with Crippen LogP contribution in [0.2, 0.25) is 0 Å². The molecular formula is C12H13NO2. The topological polar surface area (TPSA) is 38.3 Å². The summed E-state index contributed by atoms with van der Waals surface area (Å²) in [5.74, 6) is 0.976. The molecule has 2 aliphatic rings. The molecule has 3 nitrogen and oxygen atoms in total. The number of hydrogen-bond donors (Lipinski definition) is 1. The highest BCUT2D eigenvalue weighted by atomic mass is 16.5. The molecular weight excluding hydrogens is 190 g/mol. The Morgan fingerprint density at radius 2 is 2.20 bits per heavy atom. The minimum atomic E-state index is -0.0679. The quantitative estimate of drug-likeness (QED) is 0.757. The SMILES string of the molecule is COc1ccc2c(c1)NC(=O)C1(CC1)C2. The van der Waals surface area contributed by atoms with Crippen molar-refractivity contribution in [2.45, 2.75) is 19.3 Å². The Balaban J connectivity index is 2.01. The molecule has 1 heterocycles. The van der Waals surface area contributed by atoms with Gasteiger partial charge in [0.1, 0.15) is 5.75 Å². The second-order valence-electron chi connectivity index (χ2n) is 4.43. The maximum Gasteiger partial charge on any atom is 0.230 e. The van der Waals surface area contributed by atoms with Crippen LogP contribution in [0.4, 0.5) is 5.69 Å². The maximum atomic E-state index is 11.8. The number of carbonyl (C=O) groups is 1. The number of anilines is 1. The second kappa shape index (κ2) is 2.75. The molecule has 1 fully saturated rings. The van der Waals surface area contributed by atoms with Crippen molar-refractivity contribution in [2.75, 3.05) is 12.4 Å². The largest absolute Gasteiger partial charge is 0.497 e. The Morgan fingerprint density at radius 1 is 1.40 bits per heavy atom. The molecule has 0 unspecified atom stereocenters. The summed E-state index contributed by atoms with van der Waals surface area (Å²) >= 11 is 0. The lowest BCUT2D eigenvalue weighted by Crippen LogP contribution is -2.31. The average molecular weight is 203 g/mol. The third-order valence-electron chi connectivity index (χ3n) is 3.43. The highest BCUT2D eigenvalue weighted by Gasteiger charge is 2.51. The third-order valence-corrected chi connectivity index (χ3v) is 3.43. The first-order valence-electron chi connectivity index (χ1n) is 5.22. The fraction of sp³-hybridized carbons (Fsp3) is 0.417. The molecule has 1 saturated carbocycles. The molecule has 15 heavy (non-hydrogen) atoms. The van der Waals surface area contributed by atoms with Gasteiger partial charge in [0.15, 0.2) is 0 Å². The van der Waals surface area contributed by atoms with Gasteiger partial charge in [-0.3, -0.25) is 4.79 Å². The first kappa shape index (κ1) is 8.77. The number of methoxy groups -OCH3 is 1. The molecule has 3 rings (SSSR count). The molecule has 1 aliphatic heterocycles. The van der Waals surface area contributed by atoms with Crippen molar-refractivity contribution < 1.29 is 9.53 Å². The third kappa shape index (κ3) is 1.23. The van der Waals surface area contributed by atoms with E-state index in [4.69, 9.17) is 4.74 Å². The van der Waals surface area contributed by atoms with Gasteiger partial charge in [-0.1, -0.05) is 6.07 Å². The van der Waals surface area contributed by atoms with Crippen molar-refractivity contribution >= 4 is 11.6 Å². The van der Waals surface area contributed by atoms with Crippen LogP contribution < -0.4 is 10.1 Å². The summed E-state index contributed by atoms with van der Waals surface area (Å²) in [6.07, 6.45) is 2.95. The number of rotatable bonds is 1. The van der Waals surface area contributed by atoms with Crippen molar-refractivity contribution in [2.24, 2.45) is 5.41 Å². The lowest BCUT2D eigenvalue weighted by atomic mass is 9.90. The normalized spacial score (nSPS) is 20.7. The van der Waals surface area contributed by atoms with Crippen LogP contribution in [-0.4, -0.2) is 13.0 Å². The molecule has 1 amide bonds. The summed E-state index contributed by atoms with van der Waals surface area (Å²) in [6, 6.07) is 5.89. The van der Waals surface area contributed by atoms with E-state index in [9.17, 15) is 4.79 Å². The highest BCUT2D eigenvalue weighted by Crippen LogP contribution is 2.52. The minimum absolute atomic E-state index is 0.0679. The predicted molar refractivity (Wildman–Crippen MR) is 57.0 cm³/mol. The zero-order chi connectivity index (χ0) is 10.5. The van der Waals surface area contributed by atoms with Gasteiger partial charge in [-0.2, -0.15) is 0 Å². The second-order valence-corrected chi connectivity index (χ2v) is 4.43. The van der Waals surface area contributed by atoms with Crippen LogP contribution in [0.3, 0.4) is 0 Å². The Labute approximate surface area is 88.4 Å². The van der Waals surface area contributed by atoms with E-state index in [0.29, 0.717) is 0 Å². The van der Waals surface area contributed by atoms with Crippen molar-refractivity contribution in [1.82, 2.24) is 0 Å². The monoisotopic (exact) mass is 203 g/mol. The van der Waals surface area contributed by atoms with E-state index in [0.717, 1.165) is 30.7 Å². The van der Waals surface area contributed by atoms with Crippen LogP contribution >= 0.6 is 0 Å². The van der Waals surface area contributed by atoms with Crippen LogP contribution in [0.5, 0.6) is 5.75 Å². The zero-order valence-corrected chi connectivity index (χ0v) is 8.67. The van der Waals surface area contributed by atoms with E-state index in [1.807, 2.05) is 18.2 Å². The standard InChI is InChI=1S/C12H13NO2/c1-15-9-3-2-8-7-12(4-5-12)11(14)13-10(8)6-9/h2-3,6H,4-5,7H2,1H3,(H,13,14). The van der Waals surface area contributed by atoms with E-state index in [2.05, 4.69) is 5.32 Å². The van der Waals surface area contributed by atoms with Gasteiger partial charge in [-0.15, -0.1) is 0 Å². The Hall–Kier alpha value is -1.51. The van der Waals surface area contributed by atoms with Gasteiger partial charge in [0.25, 0.3) is 0 Å². The Kier molecular flexibility index (Phi) is 1.61. The summed E-state index contributed by atoms with van der Waals surface area (Å²) in [5.41, 5.74) is 2.08. The van der Waals surface area contributed by atoms with Crippen molar-refractivity contribution in [3.8, 4) is 5.75 Å². The van der Waals surface area contributed by atoms with Crippen LogP contribution in [0.1, 0.15) is 18.4 Å². The van der Waals surface area contributed by atoms with Crippen molar-refractivity contribution in [1.29, 1.82) is 0 Å². The van der Waals surface area contributed by atoms with Crippen LogP contribution in [0.25, 0.3) is 0 Å². The fourth-order valence-corrected chi connectivity index (χ4v) is 2.21. The molecule has 1 N–H and O–H groups in total. The Bertz CT molecular complexity index is 435. The molecule has 3 heteroatoms. The van der Waals surface area contributed by atoms with Crippen LogP contribution in [-0.2, 0) is 11.2 Å². The number of hydrogen-bond acceptors (Lipinski definition) is 2. The number of nitrogens with one attached hydrogen (secondary N) is 1. The van der Waals surface area contributed by atoms with Crippen molar-refractivity contribution in [3.63, 3.8) is 0 Å². The summed E-state index contributed by atoms with van der Waals surface area (Å²) in [7, 11) is 1.63. The molecule has 1 aromatic carbocycles. The van der Waals surface area contributed by atoms with Gasteiger partial charge in [0, 0.05) is 11.8 Å². The molecule has 1 aromatic rings. The Morgan fingerprint density at radius 3 is 2.87 bits per heavy atom. The first-order chi connectivity index (χ1) is 7.23. The summed E-state index contributed by atoms with van der Waals surface area (Å²) < 4.78 is 5.13. The fourth-order valence-electron chi connectivity index (χ4n) is 2.21. The predicted octanol–water partition coefficient (Wildman–Crippen LogP) is 1.97. The van der Waals surface area contributed by atoms with Gasteiger partial charge in [0.05, 0.1) is 12.5 Å². The van der Waals surface area contributed by atoms with E-state index in [1.54, 1.807) is 7.11 Å². The number of fused-ring (bicyclic) bond motifs is 1. The zero-order valence-electron chi connectivity index (χ0n) is 8.67. The molecule has 0 bridgehead atoms. The number of carbonyl (C=O) groups excluding carboxylic acids is 1. The average Bonchev–Trinajstić information content (AvgIpc) is 3.00. The molecule has 0 saturated heterocycles. The van der Waals surface area contributed by atoms with Gasteiger partial charge in [0.2, 0.25) is 5.91 Å². The maximum absolute atomic E-state index is 11.8. The van der Waals surface area contributed by atoms with Crippen LogP contribution in [0.15, 0.2) is 18.2 Å². The van der Waals surface area contributed by atoms with E-state index < -0.39 is 0 Å². The number of amides is 1. The number of ether oxygens (including phenoxy) is 1. The first-order valence-corrected chi connectivity index (χ1v) is 5.22. The summed E-state index contributed by atoms with van der Waals surface area (Å²) in [5, 5.41) is 2.97. The molecule has 0 aromatic heterocycles. The lowest BCUT2D eigenvalue weighted by Gasteiger charge is -2.24. The van der Waals surface area contributed by atoms with E-state index >= 15 is 0 Å². The minimum Gasteiger partial charge on any atom is -0.497 e. The van der Waals surface area contributed by atoms with E-state index in [1.165, 1.54) is 5.56 Å². The van der Waals surface area contributed by atoms with Gasteiger partial charge in [-0.05, 0) is 30.9 Å². The highest BCUT2D eigenvalue weighted by molar-refractivity contribution is 6.00. The van der Waals surface area contributed by atoms with Crippen molar-refractivity contribution in [3.05, 3.63) is 23.8 Å². The van der Waals surface area contributed by atoms with Gasteiger partial charge >= 0.3 is 0 Å². The smallest absolute Gasteiger partial charge is 0.230 e.